The molecule has 0 amide bonds. The van der Waals surface area contributed by atoms with Crippen molar-refractivity contribution in [1.82, 2.24) is 4.98 Å². The molecule has 10 heteroatoms. The molecule has 0 saturated carbocycles. The second-order valence-corrected chi connectivity index (χ2v) is 12.5. The van der Waals surface area contributed by atoms with Gasteiger partial charge in [-0.3, -0.25) is 4.79 Å². The van der Waals surface area contributed by atoms with Crippen molar-refractivity contribution in [3.05, 3.63) is 71.5 Å². The second-order valence-electron chi connectivity index (χ2n) is 12.5. The highest BCUT2D eigenvalue weighted by molar-refractivity contribution is 5.82. The molecule has 2 aliphatic heterocycles. The predicted octanol–water partition coefficient (Wildman–Crippen LogP) is 4.79. The van der Waals surface area contributed by atoms with Gasteiger partial charge in [-0.25, -0.2) is 9.78 Å². The van der Waals surface area contributed by atoms with Crippen LogP contribution in [0.2, 0.25) is 0 Å². The van der Waals surface area contributed by atoms with Crippen LogP contribution in [0.15, 0.2) is 64.4 Å². The molecule has 1 unspecified atom stereocenters. The van der Waals surface area contributed by atoms with Crippen molar-refractivity contribution in [3.63, 3.8) is 0 Å². The van der Waals surface area contributed by atoms with E-state index in [9.17, 15) is 24.9 Å². The van der Waals surface area contributed by atoms with Crippen molar-refractivity contribution >= 4 is 18.0 Å². The van der Waals surface area contributed by atoms with Gasteiger partial charge in [-0.15, -0.1) is 0 Å². The number of fused-ring (bicyclic) bond motifs is 1. The lowest BCUT2D eigenvalue weighted by atomic mass is 9.86. The Morgan fingerprint density at radius 2 is 1.98 bits per heavy atom. The molecular formula is C35H49NO9. The molecule has 0 bridgehead atoms. The molecule has 45 heavy (non-hydrogen) atoms. The number of esters is 2. The maximum Gasteiger partial charge on any atom is 0.330 e. The minimum absolute atomic E-state index is 0.0455. The van der Waals surface area contributed by atoms with Gasteiger partial charge in [0.15, 0.2) is 5.89 Å². The number of allylic oxidation sites excluding steroid dienone is 5. The monoisotopic (exact) mass is 627 g/mol. The van der Waals surface area contributed by atoms with Crippen LogP contribution in [0.5, 0.6) is 0 Å². The molecule has 0 aliphatic carbocycles. The largest absolute Gasteiger partial charge is 0.469 e. The van der Waals surface area contributed by atoms with Gasteiger partial charge in [-0.05, 0) is 56.8 Å². The number of carbonyl (C=O) groups excluding carboxylic acids is 2. The van der Waals surface area contributed by atoms with Gasteiger partial charge in [0.1, 0.15) is 29.8 Å². The zero-order valence-corrected chi connectivity index (χ0v) is 27.4. The molecule has 1 fully saturated rings. The SMILES string of the molecule is COC(=O)C[C@@H]1C/C=C/C(=O)OC([C@H](C)[C@@H](O)/C(C)=C/C=C/C(C)=C/c2coc(C)n2)C[C@H](O)[C@]2(C)O[C@@H]2/C=C/[C@@H](C)[C@H](O)C1. The van der Waals surface area contributed by atoms with Gasteiger partial charge in [-0.1, -0.05) is 50.3 Å². The van der Waals surface area contributed by atoms with Crippen LogP contribution < -0.4 is 0 Å². The van der Waals surface area contributed by atoms with E-state index in [0.717, 1.165) is 11.3 Å². The molecule has 1 aromatic heterocycles. The zero-order valence-electron chi connectivity index (χ0n) is 27.4. The standard InChI is InChI=1S/C35H49NO9/c1-21(16-27-20-43-25(5)36-27)10-8-11-23(3)34(41)24(4)29-19-30(38)35(6)31(45-35)15-14-22(2)28(37)17-26(18-33(40)42-7)12-9-13-32(39)44-29/h8-11,13-16,20,22,24,26,28-31,34,37-38,41H,12,17-19H2,1-7H3/b10-8+,13-9+,15-14+,21-16+,23-11+/t22-,24+,26-,28-,29?,30+,31-,34+,35+/m1/s1. The Morgan fingerprint density at radius 3 is 2.64 bits per heavy atom. The Kier molecular flexibility index (Phi) is 13.1. The Balaban J connectivity index is 1.79. The highest BCUT2D eigenvalue weighted by Gasteiger charge is 2.56. The van der Waals surface area contributed by atoms with E-state index in [0.29, 0.717) is 24.3 Å². The summed E-state index contributed by atoms with van der Waals surface area (Å²) in [5.41, 5.74) is 1.41. The normalized spacial score (nSPS) is 33.2. The summed E-state index contributed by atoms with van der Waals surface area (Å²) < 4.78 is 21.7. The number of methoxy groups -OCH3 is 1. The van der Waals surface area contributed by atoms with E-state index in [1.807, 2.05) is 44.2 Å². The third-order valence-electron chi connectivity index (χ3n) is 8.73. The first-order chi connectivity index (χ1) is 21.2. The number of cyclic esters (lactones) is 1. The topological polar surface area (TPSA) is 152 Å². The minimum Gasteiger partial charge on any atom is -0.469 e. The number of nitrogens with zero attached hydrogens (tertiary/aromatic N) is 1. The highest BCUT2D eigenvalue weighted by atomic mass is 16.6. The molecule has 9 atom stereocenters. The van der Waals surface area contributed by atoms with Gasteiger partial charge in [0, 0.05) is 37.7 Å². The van der Waals surface area contributed by atoms with Crippen LogP contribution in [0.25, 0.3) is 6.08 Å². The number of carbonyl (C=O) groups is 2. The molecule has 3 N–H and O–H groups in total. The molecule has 10 nitrogen and oxygen atoms in total. The van der Waals surface area contributed by atoms with Crippen LogP contribution in [0.3, 0.4) is 0 Å². The van der Waals surface area contributed by atoms with E-state index in [1.165, 1.54) is 13.2 Å². The Labute approximate surface area is 266 Å². The summed E-state index contributed by atoms with van der Waals surface area (Å²) >= 11 is 0. The molecule has 0 spiro atoms. The van der Waals surface area contributed by atoms with Crippen molar-refractivity contribution in [2.45, 2.75) is 103 Å². The molecule has 2 aliphatic rings. The van der Waals surface area contributed by atoms with Crippen LogP contribution in [0.4, 0.5) is 0 Å². The summed E-state index contributed by atoms with van der Waals surface area (Å²) in [6.07, 6.45) is 12.5. The van der Waals surface area contributed by atoms with Gasteiger partial charge in [-0.2, -0.15) is 0 Å². The van der Waals surface area contributed by atoms with Crippen molar-refractivity contribution in [2.75, 3.05) is 7.11 Å². The van der Waals surface area contributed by atoms with Gasteiger partial charge in [0.2, 0.25) is 0 Å². The number of aliphatic hydroxyl groups is 3. The van der Waals surface area contributed by atoms with Gasteiger partial charge < -0.3 is 33.9 Å². The second kappa shape index (κ2) is 16.3. The summed E-state index contributed by atoms with van der Waals surface area (Å²) in [7, 11) is 1.32. The maximum atomic E-state index is 13.0. The number of aliphatic hydroxyl groups excluding tert-OH is 3. The van der Waals surface area contributed by atoms with Crippen molar-refractivity contribution < 1.29 is 43.5 Å². The van der Waals surface area contributed by atoms with Gasteiger partial charge >= 0.3 is 11.9 Å². The first-order valence-electron chi connectivity index (χ1n) is 15.5. The number of rotatable bonds is 8. The summed E-state index contributed by atoms with van der Waals surface area (Å²) in [6.45, 7) is 10.9. The lowest BCUT2D eigenvalue weighted by molar-refractivity contribution is -0.150. The number of hydrogen-bond acceptors (Lipinski definition) is 10. The lowest BCUT2D eigenvalue weighted by Crippen LogP contribution is -2.40. The lowest BCUT2D eigenvalue weighted by Gasteiger charge is -2.30. The Hall–Kier alpha value is -3.31. The average molecular weight is 628 g/mol. The molecule has 3 rings (SSSR count). The van der Waals surface area contributed by atoms with E-state index in [2.05, 4.69) is 4.98 Å². The Morgan fingerprint density at radius 1 is 1.24 bits per heavy atom. The fourth-order valence-corrected chi connectivity index (χ4v) is 5.45. The average Bonchev–Trinajstić information content (AvgIpc) is 3.50. The summed E-state index contributed by atoms with van der Waals surface area (Å²) in [5.74, 6) is -1.48. The smallest absolute Gasteiger partial charge is 0.330 e. The summed E-state index contributed by atoms with van der Waals surface area (Å²) in [4.78, 5) is 29.2. The van der Waals surface area contributed by atoms with E-state index < -0.39 is 47.9 Å². The number of aromatic nitrogens is 1. The van der Waals surface area contributed by atoms with Crippen molar-refractivity contribution in [1.29, 1.82) is 0 Å². The maximum absolute atomic E-state index is 13.0. The number of epoxide rings is 1. The van der Waals surface area contributed by atoms with Crippen LogP contribution in [0.1, 0.15) is 71.9 Å². The summed E-state index contributed by atoms with van der Waals surface area (Å²) in [5, 5.41) is 33.3. The number of aryl methyl sites for hydroxylation is 1. The van der Waals surface area contributed by atoms with E-state index >= 15 is 0 Å². The molecule has 1 saturated heterocycles. The number of ether oxygens (including phenoxy) is 3. The molecular weight excluding hydrogens is 578 g/mol. The van der Waals surface area contributed by atoms with Crippen LogP contribution >= 0.6 is 0 Å². The predicted molar refractivity (Wildman–Crippen MR) is 170 cm³/mol. The van der Waals surface area contributed by atoms with Crippen molar-refractivity contribution in [2.24, 2.45) is 17.8 Å². The van der Waals surface area contributed by atoms with Crippen molar-refractivity contribution in [3.8, 4) is 0 Å². The fourth-order valence-electron chi connectivity index (χ4n) is 5.45. The molecule has 3 heterocycles. The van der Waals surface area contributed by atoms with Gasteiger partial charge in [0.25, 0.3) is 0 Å². The molecule has 0 aromatic carbocycles. The highest BCUT2D eigenvalue weighted by Crippen LogP contribution is 2.43. The van der Waals surface area contributed by atoms with E-state index in [1.54, 1.807) is 46.1 Å². The Bertz CT molecular complexity index is 1310. The first-order valence-corrected chi connectivity index (χ1v) is 15.5. The quantitative estimate of drug-likeness (QED) is 0.159. The van der Waals surface area contributed by atoms with Crippen LogP contribution in [-0.2, 0) is 23.8 Å². The minimum atomic E-state index is -0.988. The van der Waals surface area contributed by atoms with E-state index in [-0.39, 0.29) is 30.8 Å². The third kappa shape index (κ3) is 10.6. The van der Waals surface area contributed by atoms with Gasteiger partial charge in [0.05, 0.1) is 25.4 Å². The first kappa shape index (κ1) is 36.2. The fraction of sp³-hybridized carbons (Fsp3) is 0.571. The third-order valence-corrected chi connectivity index (χ3v) is 8.73. The zero-order chi connectivity index (χ0) is 33.3. The summed E-state index contributed by atoms with van der Waals surface area (Å²) in [6, 6.07) is 0. The number of hydrogen-bond donors (Lipinski definition) is 3. The molecule has 248 valence electrons. The molecule has 0 radical (unpaired) electrons. The number of oxazole rings is 1. The van der Waals surface area contributed by atoms with E-state index in [4.69, 9.17) is 18.6 Å². The van der Waals surface area contributed by atoms with Crippen LogP contribution in [-0.4, -0.2) is 75.5 Å². The van der Waals surface area contributed by atoms with Crippen LogP contribution in [0, 0.1) is 24.7 Å². The molecule has 1 aromatic rings.